The number of imidazole rings is 1. The number of rotatable bonds is 7. The van der Waals surface area contributed by atoms with Crippen molar-refractivity contribution >= 4 is 27.1 Å². The Morgan fingerprint density at radius 2 is 1.75 bits per heavy atom. The third kappa shape index (κ3) is 4.15. The Kier molecular flexibility index (Phi) is 5.96. The summed E-state index contributed by atoms with van der Waals surface area (Å²) in [6, 6.07) is 13.6. The fourth-order valence-electron chi connectivity index (χ4n) is 2.87. The molecule has 28 heavy (non-hydrogen) atoms. The number of fused-ring (bicyclic) bond motifs is 1. The molecular formula is C19H23N5O3S. The van der Waals surface area contributed by atoms with Gasteiger partial charge in [-0.05, 0) is 29.8 Å². The smallest absolute Gasteiger partial charge is 0.333 e. The van der Waals surface area contributed by atoms with Crippen molar-refractivity contribution in [1.29, 1.82) is 0 Å². The molecule has 0 atom stereocenters. The highest BCUT2D eigenvalue weighted by Crippen LogP contribution is 2.16. The van der Waals surface area contributed by atoms with E-state index in [0.717, 1.165) is 16.6 Å². The summed E-state index contributed by atoms with van der Waals surface area (Å²) in [6.45, 7) is 4.73. The third-order valence-corrected chi connectivity index (χ3v) is 6.46. The van der Waals surface area contributed by atoms with Gasteiger partial charge in [-0.3, -0.25) is 0 Å². The SMILES string of the molecule is CCN(CC)S(=O)(=O)c1ccc(CNC(=O)Nn2cnc3ccccc32)cc1. The quantitative estimate of drug-likeness (QED) is 0.636. The highest BCUT2D eigenvalue weighted by molar-refractivity contribution is 7.89. The van der Waals surface area contributed by atoms with Gasteiger partial charge < -0.3 is 5.32 Å². The van der Waals surface area contributed by atoms with Crippen LogP contribution in [-0.2, 0) is 16.6 Å². The van der Waals surface area contributed by atoms with Crippen molar-refractivity contribution < 1.29 is 13.2 Å². The van der Waals surface area contributed by atoms with Gasteiger partial charge in [-0.15, -0.1) is 0 Å². The molecule has 0 spiro atoms. The van der Waals surface area contributed by atoms with Crippen LogP contribution in [0.1, 0.15) is 19.4 Å². The minimum atomic E-state index is -3.48. The predicted molar refractivity (Wildman–Crippen MR) is 108 cm³/mol. The van der Waals surface area contributed by atoms with Gasteiger partial charge in [-0.2, -0.15) is 4.31 Å². The molecule has 148 valence electrons. The van der Waals surface area contributed by atoms with Crippen LogP contribution in [0.3, 0.4) is 0 Å². The van der Waals surface area contributed by atoms with Gasteiger partial charge in [-0.1, -0.05) is 38.1 Å². The fourth-order valence-corrected chi connectivity index (χ4v) is 4.33. The summed E-state index contributed by atoms with van der Waals surface area (Å²) < 4.78 is 27.9. The van der Waals surface area contributed by atoms with E-state index in [1.807, 2.05) is 24.3 Å². The number of aromatic nitrogens is 2. The first-order valence-corrected chi connectivity index (χ1v) is 10.5. The van der Waals surface area contributed by atoms with E-state index in [0.29, 0.717) is 13.1 Å². The highest BCUT2D eigenvalue weighted by Gasteiger charge is 2.21. The number of hydrogen-bond donors (Lipinski definition) is 2. The van der Waals surface area contributed by atoms with E-state index in [1.165, 1.54) is 10.6 Å². The van der Waals surface area contributed by atoms with Gasteiger partial charge in [0.1, 0.15) is 6.33 Å². The molecule has 3 aromatic rings. The Bertz CT molecular complexity index is 1060. The maximum absolute atomic E-state index is 12.5. The molecule has 1 aromatic heterocycles. The lowest BCUT2D eigenvalue weighted by Gasteiger charge is -2.18. The third-order valence-electron chi connectivity index (χ3n) is 4.40. The fraction of sp³-hybridized carbons (Fsp3) is 0.263. The molecule has 2 amide bonds. The van der Waals surface area contributed by atoms with Crippen LogP contribution in [0.2, 0.25) is 0 Å². The second kappa shape index (κ2) is 8.41. The van der Waals surface area contributed by atoms with Crippen LogP contribution in [0.25, 0.3) is 11.0 Å². The van der Waals surface area contributed by atoms with E-state index in [-0.39, 0.29) is 17.5 Å². The van der Waals surface area contributed by atoms with Gasteiger partial charge in [0, 0.05) is 19.6 Å². The summed E-state index contributed by atoms with van der Waals surface area (Å²) in [5.41, 5.74) is 5.08. The van der Waals surface area contributed by atoms with E-state index >= 15 is 0 Å². The van der Waals surface area contributed by atoms with Crippen molar-refractivity contribution in [2.24, 2.45) is 0 Å². The molecule has 0 unspecified atom stereocenters. The lowest BCUT2D eigenvalue weighted by Crippen LogP contribution is -2.33. The Balaban J connectivity index is 1.61. The Morgan fingerprint density at radius 3 is 2.43 bits per heavy atom. The number of amides is 2. The van der Waals surface area contributed by atoms with Crippen molar-refractivity contribution in [3.63, 3.8) is 0 Å². The van der Waals surface area contributed by atoms with Gasteiger partial charge in [0.2, 0.25) is 10.0 Å². The van der Waals surface area contributed by atoms with Crippen molar-refractivity contribution in [3.8, 4) is 0 Å². The first kappa shape index (κ1) is 19.8. The molecule has 2 aromatic carbocycles. The average Bonchev–Trinajstić information content (AvgIpc) is 3.10. The number of benzene rings is 2. The molecule has 0 aliphatic carbocycles. The van der Waals surface area contributed by atoms with Crippen molar-refractivity contribution in [2.45, 2.75) is 25.3 Å². The largest absolute Gasteiger partial charge is 0.334 e. The topological polar surface area (TPSA) is 96.3 Å². The molecule has 1 heterocycles. The number of carbonyl (C=O) groups excluding carboxylic acids is 1. The predicted octanol–water partition coefficient (Wildman–Crippen LogP) is 2.52. The van der Waals surface area contributed by atoms with E-state index in [2.05, 4.69) is 15.7 Å². The van der Waals surface area contributed by atoms with E-state index in [1.54, 1.807) is 42.8 Å². The first-order chi connectivity index (χ1) is 13.5. The van der Waals surface area contributed by atoms with Crippen LogP contribution < -0.4 is 10.7 Å². The monoisotopic (exact) mass is 401 g/mol. The second-order valence-electron chi connectivity index (χ2n) is 6.13. The molecule has 0 aliphatic rings. The van der Waals surface area contributed by atoms with Crippen LogP contribution in [0.15, 0.2) is 59.8 Å². The first-order valence-electron chi connectivity index (χ1n) is 9.01. The minimum Gasteiger partial charge on any atom is -0.333 e. The Hall–Kier alpha value is -2.91. The van der Waals surface area contributed by atoms with E-state index in [4.69, 9.17) is 0 Å². The number of carbonyl (C=O) groups is 1. The zero-order valence-electron chi connectivity index (χ0n) is 15.8. The number of nitrogens with one attached hydrogen (secondary N) is 2. The standard InChI is InChI=1S/C19H23N5O3S/c1-3-23(4-2)28(26,27)16-11-9-15(10-12-16)13-20-19(25)22-24-14-21-17-7-5-6-8-18(17)24/h5-12,14H,3-4,13H2,1-2H3,(H2,20,22,25). The van der Waals surface area contributed by atoms with Gasteiger partial charge in [0.05, 0.1) is 15.9 Å². The highest BCUT2D eigenvalue weighted by atomic mass is 32.2. The zero-order valence-corrected chi connectivity index (χ0v) is 16.6. The van der Waals surface area contributed by atoms with Gasteiger partial charge in [0.25, 0.3) is 0 Å². The molecule has 0 radical (unpaired) electrons. The Morgan fingerprint density at radius 1 is 1.07 bits per heavy atom. The normalized spacial score (nSPS) is 11.7. The van der Waals surface area contributed by atoms with Crippen LogP contribution in [-0.4, -0.2) is 41.5 Å². The summed E-state index contributed by atoms with van der Waals surface area (Å²) in [6.07, 6.45) is 1.54. The molecule has 8 nitrogen and oxygen atoms in total. The summed E-state index contributed by atoms with van der Waals surface area (Å²) in [5.74, 6) is 0. The maximum Gasteiger partial charge on any atom is 0.334 e. The van der Waals surface area contributed by atoms with Crippen molar-refractivity contribution in [3.05, 3.63) is 60.4 Å². The van der Waals surface area contributed by atoms with Crippen LogP contribution in [0.4, 0.5) is 4.79 Å². The summed E-state index contributed by atoms with van der Waals surface area (Å²) in [4.78, 5) is 16.6. The van der Waals surface area contributed by atoms with Crippen molar-refractivity contribution in [2.75, 3.05) is 18.5 Å². The molecule has 0 aliphatic heterocycles. The maximum atomic E-state index is 12.5. The van der Waals surface area contributed by atoms with Crippen LogP contribution in [0.5, 0.6) is 0 Å². The van der Waals surface area contributed by atoms with E-state index < -0.39 is 10.0 Å². The number of hydrogen-bond acceptors (Lipinski definition) is 4. The molecule has 0 bridgehead atoms. The Labute approximate surface area is 164 Å². The summed E-state index contributed by atoms with van der Waals surface area (Å²) in [5, 5.41) is 2.75. The van der Waals surface area contributed by atoms with E-state index in [9.17, 15) is 13.2 Å². The molecule has 0 saturated heterocycles. The van der Waals surface area contributed by atoms with Gasteiger partial charge in [-0.25, -0.2) is 28.3 Å². The molecule has 9 heteroatoms. The minimum absolute atomic E-state index is 0.245. The second-order valence-corrected chi connectivity index (χ2v) is 8.07. The number of sulfonamides is 1. The lowest BCUT2D eigenvalue weighted by atomic mass is 10.2. The van der Waals surface area contributed by atoms with Gasteiger partial charge in [0.15, 0.2) is 0 Å². The summed E-state index contributed by atoms with van der Waals surface area (Å²) in [7, 11) is -3.48. The summed E-state index contributed by atoms with van der Waals surface area (Å²) >= 11 is 0. The molecule has 2 N–H and O–H groups in total. The number of nitrogens with zero attached hydrogens (tertiary/aromatic N) is 3. The van der Waals surface area contributed by atoms with Gasteiger partial charge >= 0.3 is 6.03 Å². The molecular weight excluding hydrogens is 378 g/mol. The number of urea groups is 1. The molecule has 0 saturated carbocycles. The lowest BCUT2D eigenvalue weighted by molar-refractivity contribution is 0.249. The number of para-hydroxylation sites is 2. The average molecular weight is 401 g/mol. The van der Waals surface area contributed by atoms with Crippen LogP contribution >= 0.6 is 0 Å². The van der Waals surface area contributed by atoms with Crippen LogP contribution in [0, 0.1) is 0 Å². The molecule has 0 fully saturated rings. The zero-order chi connectivity index (χ0) is 20.1. The van der Waals surface area contributed by atoms with Crippen molar-refractivity contribution in [1.82, 2.24) is 19.3 Å². The molecule has 3 rings (SSSR count).